The fourth-order valence-electron chi connectivity index (χ4n) is 1.87. The van der Waals surface area contributed by atoms with Gasteiger partial charge in [0.2, 0.25) is 5.91 Å². The lowest BCUT2D eigenvalue weighted by Gasteiger charge is -2.21. The Morgan fingerprint density at radius 3 is 2.48 bits per heavy atom. The molecule has 0 aliphatic carbocycles. The number of hydrogen-bond donors (Lipinski definition) is 2. The van der Waals surface area contributed by atoms with Gasteiger partial charge >= 0.3 is 5.97 Å². The maximum absolute atomic E-state index is 12.4. The van der Waals surface area contributed by atoms with E-state index in [1.807, 2.05) is 0 Å². The van der Waals surface area contributed by atoms with E-state index in [1.165, 1.54) is 12.1 Å². The Bertz CT molecular complexity index is 521. The summed E-state index contributed by atoms with van der Waals surface area (Å²) in [5.74, 6) is -3.96. The van der Waals surface area contributed by atoms with E-state index in [2.05, 4.69) is 5.32 Å². The molecule has 0 radical (unpaired) electrons. The largest absolute Gasteiger partial charge is 0.481 e. The molecule has 0 aliphatic rings. The van der Waals surface area contributed by atoms with Crippen LogP contribution in [0.5, 0.6) is 0 Å². The van der Waals surface area contributed by atoms with Crippen molar-refractivity contribution in [1.29, 1.82) is 0 Å². The minimum absolute atomic E-state index is 0.00696. The standard InChI is InChI=1S/C14H17F2NO3S/c1-14(2,8-12(19)20)7-11(18)17-9-5-3-4-6-10(9)21-13(15)16/h3-6,13H,7-8H2,1-2H3,(H,17,18)(H,19,20). The van der Waals surface area contributed by atoms with Crippen LogP contribution in [0.2, 0.25) is 0 Å². The zero-order valence-corrected chi connectivity index (χ0v) is 12.5. The molecule has 116 valence electrons. The van der Waals surface area contributed by atoms with Crippen LogP contribution in [0.3, 0.4) is 0 Å². The summed E-state index contributed by atoms with van der Waals surface area (Å²) >= 11 is 0.353. The Labute approximate surface area is 125 Å². The molecule has 1 rings (SSSR count). The second kappa shape index (κ2) is 7.40. The third kappa shape index (κ3) is 6.57. The van der Waals surface area contributed by atoms with Crippen LogP contribution in [0.4, 0.5) is 14.5 Å². The first-order valence-corrected chi connectivity index (χ1v) is 7.13. The van der Waals surface area contributed by atoms with Gasteiger partial charge in [0.1, 0.15) is 0 Å². The number of rotatable bonds is 7. The third-order valence-corrected chi connectivity index (χ3v) is 3.43. The van der Waals surface area contributed by atoms with Gasteiger partial charge in [-0.05, 0) is 17.5 Å². The molecule has 0 aromatic heterocycles. The van der Waals surface area contributed by atoms with Gasteiger partial charge in [0.05, 0.1) is 12.1 Å². The van der Waals surface area contributed by atoms with Crippen LogP contribution in [-0.4, -0.2) is 22.7 Å². The predicted octanol–water partition coefficient (Wildman–Crippen LogP) is 3.83. The average Bonchev–Trinajstić information content (AvgIpc) is 2.28. The van der Waals surface area contributed by atoms with Crippen molar-refractivity contribution in [3.05, 3.63) is 24.3 Å². The number of carboxylic acids is 1. The number of hydrogen-bond acceptors (Lipinski definition) is 3. The van der Waals surface area contributed by atoms with Crippen molar-refractivity contribution < 1.29 is 23.5 Å². The lowest BCUT2D eigenvalue weighted by molar-refractivity contribution is -0.139. The summed E-state index contributed by atoms with van der Waals surface area (Å²) in [6.07, 6.45) is -0.152. The molecule has 1 aromatic rings. The van der Waals surface area contributed by atoms with E-state index in [9.17, 15) is 18.4 Å². The molecule has 0 spiro atoms. The smallest absolute Gasteiger partial charge is 0.303 e. The summed E-state index contributed by atoms with van der Waals surface area (Å²) in [6.45, 7) is 3.33. The van der Waals surface area contributed by atoms with Crippen molar-refractivity contribution in [2.45, 2.75) is 37.3 Å². The van der Waals surface area contributed by atoms with E-state index in [0.717, 1.165) is 0 Å². The van der Waals surface area contributed by atoms with Gasteiger partial charge < -0.3 is 10.4 Å². The van der Waals surface area contributed by atoms with Crippen molar-refractivity contribution in [2.75, 3.05) is 5.32 Å². The summed E-state index contributed by atoms with van der Waals surface area (Å²) in [4.78, 5) is 22.9. The number of para-hydroxylation sites is 1. The highest BCUT2D eigenvalue weighted by atomic mass is 32.2. The van der Waals surface area contributed by atoms with Crippen molar-refractivity contribution in [2.24, 2.45) is 5.41 Å². The Balaban J connectivity index is 2.73. The van der Waals surface area contributed by atoms with Crippen molar-refractivity contribution in [3.8, 4) is 0 Å². The number of thioether (sulfide) groups is 1. The Morgan fingerprint density at radius 1 is 1.29 bits per heavy atom. The number of amides is 1. The van der Waals surface area contributed by atoms with Gasteiger partial charge in [-0.2, -0.15) is 8.78 Å². The first kappa shape index (κ1) is 17.4. The number of carbonyl (C=O) groups excluding carboxylic acids is 1. The van der Waals surface area contributed by atoms with Gasteiger partial charge in [0.25, 0.3) is 5.76 Å². The molecule has 0 bridgehead atoms. The van der Waals surface area contributed by atoms with E-state index in [4.69, 9.17) is 5.11 Å². The van der Waals surface area contributed by atoms with Crippen LogP contribution in [0.25, 0.3) is 0 Å². The number of carbonyl (C=O) groups is 2. The Morgan fingerprint density at radius 2 is 1.90 bits per heavy atom. The maximum atomic E-state index is 12.4. The van der Waals surface area contributed by atoms with Crippen LogP contribution in [-0.2, 0) is 9.59 Å². The molecule has 1 amide bonds. The first-order valence-electron chi connectivity index (χ1n) is 6.25. The van der Waals surface area contributed by atoms with E-state index in [1.54, 1.807) is 26.0 Å². The van der Waals surface area contributed by atoms with Crippen LogP contribution < -0.4 is 5.32 Å². The van der Waals surface area contributed by atoms with Crippen molar-refractivity contribution in [3.63, 3.8) is 0 Å². The fraction of sp³-hybridized carbons (Fsp3) is 0.429. The molecule has 7 heteroatoms. The van der Waals surface area contributed by atoms with Gasteiger partial charge in [-0.25, -0.2) is 0 Å². The molecular formula is C14H17F2NO3S. The summed E-state index contributed by atoms with van der Waals surface area (Å²) < 4.78 is 24.9. The average molecular weight is 317 g/mol. The molecule has 0 aliphatic heterocycles. The molecule has 4 nitrogen and oxygen atoms in total. The minimum Gasteiger partial charge on any atom is -0.481 e. The number of nitrogens with one attached hydrogen (secondary N) is 1. The summed E-state index contributed by atoms with van der Waals surface area (Å²) in [5.41, 5.74) is -0.403. The van der Waals surface area contributed by atoms with Gasteiger partial charge in [0.15, 0.2) is 0 Å². The first-order chi connectivity index (χ1) is 9.69. The molecule has 2 N–H and O–H groups in total. The zero-order valence-electron chi connectivity index (χ0n) is 11.7. The second-order valence-electron chi connectivity index (χ2n) is 5.33. The van der Waals surface area contributed by atoms with Gasteiger partial charge in [-0.1, -0.05) is 37.7 Å². The highest BCUT2D eigenvalue weighted by molar-refractivity contribution is 7.99. The maximum Gasteiger partial charge on any atom is 0.303 e. The highest BCUT2D eigenvalue weighted by Crippen LogP contribution is 2.32. The normalized spacial score (nSPS) is 11.5. The molecular weight excluding hydrogens is 300 g/mol. The van der Waals surface area contributed by atoms with Gasteiger partial charge in [-0.3, -0.25) is 9.59 Å². The molecule has 0 saturated carbocycles. The zero-order chi connectivity index (χ0) is 16.0. The molecule has 0 heterocycles. The highest BCUT2D eigenvalue weighted by Gasteiger charge is 2.25. The lowest BCUT2D eigenvalue weighted by atomic mass is 9.85. The Kier molecular flexibility index (Phi) is 6.14. The van der Waals surface area contributed by atoms with Crippen LogP contribution in [0.15, 0.2) is 29.2 Å². The quantitative estimate of drug-likeness (QED) is 0.750. The minimum atomic E-state index is -2.58. The van der Waals surface area contributed by atoms with Gasteiger partial charge in [-0.15, -0.1) is 0 Å². The number of alkyl halides is 2. The summed E-state index contributed by atoms with van der Waals surface area (Å²) in [6, 6.07) is 6.27. The van der Waals surface area contributed by atoms with Crippen LogP contribution in [0.1, 0.15) is 26.7 Å². The number of aliphatic carboxylic acids is 1. The fourth-order valence-corrected chi connectivity index (χ4v) is 2.46. The molecule has 0 unspecified atom stereocenters. The summed E-state index contributed by atoms with van der Waals surface area (Å²) in [7, 11) is 0. The molecule has 21 heavy (non-hydrogen) atoms. The monoisotopic (exact) mass is 317 g/mol. The second-order valence-corrected chi connectivity index (χ2v) is 6.37. The van der Waals surface area contributed by atoms with E-state index in [0.29, 0.717) is 17.4 Å². The molecule has 0 atom stereocenters. The summed E-state index contributed by atoms with van der Waals surface area (Å²) in [5, 5.41) is 11.3. The number of carboxylic acid groups (broad SMARTS) is 1. The van der Waals surface area contributed by atoms with Crippen LogP contribution in [0, 0.1) is 5.41 Å². The molecule has 0 fully saturated rings. The molecule has 0 saturated heterocycles. The third-order valence-electron chi connectivity index (χ3n) is 2.65. The van der Waals surface area contributed by atoms with E-state index >= 15 is 0 Å². The lowest BCUT2D eigenvalue weighted by Crippen LogP contribution is -2.25. The predicted molar refractivity (Wildman–Crippen MR) is 77.6 cm³/mol. The van der Waals surface area contributed by atoms with Crippen LogP contribution >= 0.6 is 11.8 Å². The SMILES string of the molecule is CC(C)(CC(=O)O)CC(=O)Nc1ccccc1SC(F)F. The van der Waals surface area contributed by atoms with Crippen molar-refractivity contribution in [1.82, 2.24) is 0 Å². The van der Waals surface area contributed by atoms with E-state index in [-0.39, 0.29) is 17.7 Å². The number of halogens is 2. The number of benzene rings is 1. The topological polar surface area (TPSA) is 66.4 Å². The van der Waals surface area contributed by atoms with E-state index < -0.39 is 23.0 Å². The number of anilines is 1. The molecule has 1 aromatic carbocycles. The van der Waals surface area contributed by atoms with Gasteiger partial charge in [0, 0.05) is 11.3 Å². The van der Waals surface area contributed by atoms with Crippen molar-refractivity contribution >= 4 is 29.3 Å². The Hall–Kier alpha value is -1.63.